The van der Waals surface area contributed by atoms with E-state index < -0.39 is 0 Å². The summed E-state index contributed by atoms with van der Waals surface area (Å²) in [6, 6.07) is 6.10. The van der Waals surface area contributed by atoms with Crippen LogP contribution in [0.3, 0.4) is 0 Å². The zero-order valence-corrected chi connectivity index (χ0v) is 10.1. The van der Waals surface area contributed by atoms with Gasteiger partial charge in [0.25, 0.3) is 0 Å². The van der Waals surface area contributed by atoms with Crippen LogP contribution in [-0.2, 0) is 5.41 Å². The van der Waals surface area contributed by atoms with Crippen molar-refractivity contribution in [2.45, 2.75) is 11.8 Å². The second kappa shape index (κ2) is 3.13. The van der Waals surface area contributed by atoms with Crippen LogP contribution in [0.15, 0.2) is 18.2 Å². The summed E-state index contributed by atoms with van der Waals surface area (Å²) < 4.78 is 0. The van der Waals surface area contributed by atoms with Crippen molar-refractivity contribution in [2.24, 2.45) is 5.92 Å². The third-order valence-corrected chi connectivity index (χ3v) is 4.55. The van der Waals surface area contributed by atoms with E-state index >= 15 is 0 Å². The van der Waals surface area contributed by atoms with Crippen molar-refractivity contribution in [3.63, 3.8) is 0 Å². The van der Waals surface area contributed by atoms with Gasteiger partial charge in [-0.05, 0) is 37.1 Å². The number of halogens is 2. The van der Waals surface area contributed by atoms with Crippen LogP contribution in [0.1, 0.15) is 12.0 Å². The molecule has 2 fully saturated rings. The minimum absolute atomic E-state index is 0.392. The number of hydrogen-bond acceptors (Lipinski definition) is 1. The summed E-state index contributed by atoms with van der Waals surface area (Å²) in [5.74, 6) is 0.833. The first-order valence-electron chi connectivity index (χ1n) is 5.26. The third-order valence-electron chi connectivity index (χ3n) is 3.81. The fraction of sp³-hybridized carbons (Fsp3) is 0.500. The van der Waals surface area contributed by atoms with Gasteiger partial charge >= 0.3 is 0 Å². The first-order valence-corrected chi connectivity index (χ1v) is 6.01. The van der Waals surface area contributed by atoms with E-state index in [-0.39, 0.29) is 0 Å². The fourth-order valence-corrected chi connectivity index (χ4v) is 3.28. The number of likely N-dealkylation sites (N-methyl/N-ethyl adjacent to an activating group) is 1. The van der Waals surface area contributed by atoms with Crippen LogP contribution >= 0.6 is 23.2 Å². The molecule has 0 unspecified atom stereocenters. The Hall–Kier alpha value is -0.240. The summed E-state index contributed by atoms with van der Waals surface area (Å²) in [5, 5.41) is 1.34. The Labute approximate surface area is 100.0 Å². The molecule has 0 aromatic heterocycles. The molecular weight excluding hydrogens is 229 g/mol. The Morgan fingerprint density at radius 3 is 2.73 bits per heavy atom. The van der Waals surface area contributed by atoms with Crippen LogP contribution in [0.5, 0.6) is 0 Å². The average Bonchev–Trinajstić information content (AvgIpc) is 2.75. The number of nitrogens with zero attached hydrogens (tertiary/aromatic N) is 1. The Morgan fingerprint density at radius 1 is 1.33 bits per heavy atom. The first-order chi connectivity index (χ1) is 7.12. The van der Waals surface area contributed by atoms with Gasteiger partial charge in [-0.3, -0.25) is 0 Å². The molecule has 0 amide bonds. The van der Waals surface area contributed by atoms with Crippen molar-refractivity contribution in [2.75, 3.05) is 20.1 Å². The smallest absolute Gasteiger partial charge is 0.0595 e. The summed E-state index contributed by atoms with van der Waals surface area (Å²) in [5.41, 5.74) is 1.76. The zero-order valence-electron chi connectivity index (χ0n) is 8.63. The Kier molecular flexibility index (Phi) is 2.08. The van der Waals surface area contributed by atoms with Crippen molar-refractivity contribution in [1.82, 2.24) is 4.90 Å². The van der Waals surface area contributed by atoms with E-state index in [1.165, 1.54) is 18.5 Å². The zero-order chi connectivity index (χ0) is 10.6. The molecule has 15 heavy (non-hydrogen) atoms. The van der Waals surface area contributed by atoms with Crippen LogP contribution in [-0.4, -0.2) is 25.0 Å². The highest BCUT2D eigenvalue weighted by Crippen LogP contribution is 2.59. The Morgan fingerprint density at radius 2 is 2.13 bits per heavy atom. The normalized spacial score (nSPS) is 34.2. The molecule has 0 radical (unpaired) electrons. The fourth-order valence-electron chi connectivity index (χ4n) is 2.99. The van der Waals surface area contributed by atoms with Gasteiger partial charge in [0, 0.05) is 18.5 Å². The van der Waals surface area contributed by atoms with Crippen molar-refractivity contribution in [3.05, 3.63) is 33.8 Å². The number of fused-ring (bicyclic) bond motifs is 1. The number of rotatable bonds is 1. The van der Waals surface area contributed by atoms with Crippen LogP contribution in [0.2, 0.25) is 10.0 Å². The molecule has 2 atom stereocenters. The van der Waals surface area contributed by atoms with Crippen LogP contribution < -0.4 is 0 Å². The largest absolute Gasteiger partial charge is 0.305 e. The maximum absolute atomic E-state index is 6.06. The molecule has 1 aromatic carbocycles. The van der Waals surface area contributed by atoms with E-state index in [9.17, 15) is 0 Å². The van der Waals surface area contributed by atoms with Gasteiger partial charge in [0.05, 0.1) is 10.0 Å². The second-order valence-electron chi connectivity index (χ2n) is 4.88. The average molecular weight is 242 g/mol. The highest BCUT2D eigenvalue weighted by atomic mass is 35.5. The lowest BCUT2D eigenvalue weighted by molar-refractivity contribution is 0.363. The predicted octanol–water partition coefficient (Wildman–Crippen LogP) is 3.20. The van der Waals surface area contributed by atoms with Crippen molar-refractivity contribution >= 4 is 23.2 Å². The molecule has 1 saturated heterocycles. The minimum Gasteiger partial charge on any atom is -0.305 e. The maximum atomic E-state index is 6.06. The highest BCUT2D eigenvalue weighted by Gasteiger charge is 2.59. The minimum atomic E-state index is 0.392. The van der Waals surface area contributed by atoms with Gasteiger partial charge in [-0.1, -0.05) is 29.3 Å². The van der Waals surface area contributed by atoms with E-state index in [4.69, 9.17) is 23.2 Å². The monoisotopic (exact) mass is 241 g/mol. The molecule has 0 N–H and O–H groups in total. The highest BCUT2D eigenvalue weighted by molar-refractivity contribution is 6.42. The summed E-state index contributed by atoms with van der Waals surface area (Å²) in [6.45, 7) is 2.38. The Bertz CT molecular complexity index is 418. The first kappa shape index (κ1) is 9.95. The van der Waals surface area contributed by atoms with E-state index in [1.807, 2.05) is 12.1 Å². The van der Waals surface area contributed by atoms with Gasteiger partial charge in [-0.25, -0.2) is 0 Å². The molecule has 0 spiro atoms. The molecular formula is C12H13Cl2N. The Balaban J connectivity index is 1.97. The molecule has 1 aromatic rings. The van der Waals surface area contributed by atoms with Crippen molar-refractivity contribution in [1.29, 1.82) is 0 Å². The number of piperidine rings is 1. The molecule has 3 heteroatoms. The summed E-state index contributed by atoms with van der Waals surface area (Å²) in [7, 11) is 2.19. The quantitative estimate of drug-likeness (QED) is 0.731. The molecule has 3 rings (SSSR count). The number of likely N-dealkylation sites (tertiary alicyclic amines) is 1. The summed E-state index contributed by atoms with van der Waals surface area (Å²) in [6.07, 6.45) is 1.31. The van der Waals surface area contributed by atoms with Gasteiger partial charge in [0.2, 0.25) is 0 Å². The van der Waals surface area contributed by atoms with Crippen molar-refractivity contribution < 1.29 is 0 Å². The van der Waals surface area contributed by atoms with Gasteiger partial charge < -0.3 is 4.90 Å². The topological polar surface area (TPSA) is 3.24 Å². The molecule has 1 nitrogen and oxygen atoms in total. The van der Waals surface area contributed by atoms with E-state index in [0.29, 0.717) is 15.5 Å². The maximum Gasteiger partial charge on any atom is 0.0595 e. The number of benzene rings is 1. The van der Waals surface area contributed by atoms with E-state index in [2.05, 4.69) is 18.0 Å². The predicted molar refractivity (Wildman–Crippen MR) is 63.7 cm³/mol. The van der Waals surface area contributed by atoms with Crippen LogP contribution in [0.4, 0.5) is 0 Å². The second-order valence-corrected chi connectivity index (χ2v) is 5.70. The molecule has 1 aliphatic heterocycles. The number of hydrogen-bond donors (Lipinski definition) is 0. The van der Waals surface area contributed by atoms with Gasteiger partial charge in [0.1, 0.15) is 0 Å². The summed E-state index contributed by atoms with van der Waals surface area (Å²) in [4.78, 5) is 2.40. The SMILES string of the molecule is CN1C[C@H]2C[C@]2(c2ccc(Cl)c(Cl)c2)C1. The molecule has 2 aliphatic rings. The lowest BCUT2D eigenvalue weighted by Gasteiger charge is -2.16. The van der Waals surface area contributed by atoms with E-state index in [1.54, 1.807) is 0 Å². The molecule has 80 valence electrons. The molecule has 1 heterocycles. The summed E-state index contributed by atoms with van der Waals surface area (Å²) >= 11 is 12.0. The van der Waals surface area contributed by atoms with Gasteiger partial charge in [-0.2, -0.15) is 0 Å². The van der Waals surface area contributed by atoms with Crippen molar-refractivity contribution in [3.8, 4) is 0 Å². The third kappa shape index (κ3) is 1.41. The molecule has 1 saturated carbocycles. The van der Waals surface area contributed by atoms with Gasteiger partial charge in [-0.15, -0.1) is 0 Å². The standard InChI is InChI=1S/C12H13Cl2N/c1-15-6-9-5-12(9,7-15)8-2-3-10(13)11(14)4-8/h2-4,9H,5-7H2,1H3/t9-,12-/m1/s1. The lowest BCUT2D eigenvalue weighted by atomic mass is 9.95. The van der Waals surface area contributed by atoms with Crippen LogP contribution in [0, 0.1) is 5.92 Å². The molecule has 0 bridgehead atoms. The van der Waals surface area contributed by atoms with Gasteiger partial charge in [0.15, 0.2) is 0 Å². The van der Waals surface area contributed by atoms with E-state index in [0.717, 1.165) is 12.5 Å². The molecule has 1 aliphatic carbocycles. The van der Waals surface area contributed by atoms with Crippen LogP contribution in [0.25, 0.3) is 0 Å². The lowest BCUT2D eigenvalue weighted by Crippen LogP contribution is -2.22.